The molecule has 1 aromatic rings. The highest BCUT2D eigenvalue weighted by atomic mass is 16.3. The summed E-state index contributed by atoms with van der Waals surface area (Å²) in [4.78, 5) is 2.35. The summed E-state index contributed by atoms with van der Waals surface area (Å²) in [5.74, 6) is 0. The molecule has 0 aliphatic carbocycles. The zero-order valence-corrected chi connectivity index (χ0v) is 10.0. The molecule has 88 valence electrons. The fourth-order valence-electron chi connectivity index (χ4n) is 2.07. The van der Waals surface area contributed by atoms with Crippen molar-refractivity contribution in [1.82, 2.24) is 4.90 Å². The quantitative estimate of drug-likeness (QED) is 0.763. The first kappa shape index (κ1) is 11.4. The van der Waals surface area contributed by atoms with Gasteiger partial charge >= 0.3 is 0 Å². The van der Waals surface area contributed by atoms with Crippen LogP contribution in [0.25, 0.3) is 0 Å². The lowest BCUT2D eigenvalue weighted by molar-refractivity contribution is 0.0572. The molecule has 0 atom stereocenters. The molecule has 1 aliphatic heterocycles. The van der Waals surface area contributed by atoms with E-state index in [0.29, 0.717) is 0 Å². The van der Waals surface area contributed by atoms with Gasteiger partial charge in [0.15, 0.2) is 0 Å². The van der Waals surface area contributed by atoms with Crippen molar-refractivity contribution >= 4 is 5.69 Å². The molecule has 0 bridgehead atoms. The van der Waals surface area contributed by atoms with Gasteiger partial charge in [-0.2, -0.15) is 0 Å². The summed E-state index contributed by atoms with van der Waals surface area (Å²) >= 11 is 0. The molecular weight excluding hydrogens is 200 g/mol. The summed E-state index contributed by atoms with van der Waals surface area (Å²) in [7, 11) is 0. The van der Waals surface area contributed by atoms with E-state index in [1.165, 1.54) is 11.1 Å². The molecule has 0 spiro atoms. The summed E-state index contributed by atoms with van der Waals surface area (Å²) < 4.78 is 0. The maximum Gasteiger partial charge on any atom is 0.0603 e. The summed E-state index contributed by atoms with van der Waals surface area (Å²) in [5.41, 5.74) is 8.72. The second-order valence-corrected chi connectivity index (χ2v) is 5.30. The van der Waals surface area contributed by atoms with Crippen molar-refractivity contribution in [3.05, 3.63) is 29.3 Å². The molecule has 0 saturated carbocycles. The second-order valence-electron chi connectivity index (χ2n) is 5.30. The Bertz CT molecular complexity index is 382. The Hall–Kier alpha value is -1.06. The highest BCUT2D eigenvalue weighted by Gasteiger charge is 2.21. The smallest absolute Gasteiger partial charge is 0.0603 e. The third kappa shape index (κ3) is 2.74. The van der Waals surface area contributed by atoms with Crippen LogP contribution in [-0.4, -0.2) is 22.2 Å². The SMILES string of the molecule is CC(C)(O)CCN1Cc2ccc(N)cc2C1. The minimum atomic E-state index is -0.576. The Kier molecular flexibility index (Phi) is 2.91. The molecule has 2 rings (SSSR count). The van der Waals surface area contributed by atoms with Crippen molar-refractivity contribution in [2.75, 3.05) is 12.3 Å². The van der Waals surface area contributed by atoms with Crippen LogP contribution in [0.15, 0.2) is 18.2 Å². The van der Waals surface area contributed by atoms with Crippen molar-refractivity contribution in [2.24, 2.45) is 0 Å². The number of nitrogens with two attached hydrogens (primary N) is 1. The average molecular weight is 220 g/mol. The number of anilines is 1. The van der Waals surface area contributed by atoms with Crippen LogP contribution in [-0.2, 0) is 13.1 Å². The van der Waals surface area contributed by atoms with Crippen LogP contribution >= 0.6 is 0 Å². The maximum atomic E-state index is 9.69. The molecule has 1 aromatic carbocycles. The second kappa shape index (κ2) is 4.07. The highest BCUT2D eigenvalue weighted by molar-refractivity contribution is 5.46. The number of aliphatic hydroxyl groups is 1. The van der Waals surface area contributed by atoms with Crippen molar-refractivity contribution in [2.45, 2.75) is 39.0 Å². The Morgan fingerprint density at radius 1 is 1.31 bits per heavy atom. The first-order chi connectivity index (χ1) is 7.44. The Morgan fingerprint density at radius 3 is 2.69 bits per heavy atom. The van der Waals surface area contributed by atoms with E-state index in [1.54, 1.807) is 0 Å². The zero-order valence-electron chi connectivity index (χ0n) is 10.0. The molecule has 0 fully saturated rings. The molecule has 16 heavy (non-hydrogen) atoms. The van der Waals surface area contributed by atoms with Crippen molar-refractivity contribution < 1.29 is 5.11 Å². The summed E-state index contributed by atoms with van der Waals surface area (Å²) in [6.45, 7) is 6.57. The predicted octanol–water partition coefficient (Wildman–Crippen LogP) is 1.75. The minimum absolute atomic E-state index is 0.576. The largest absolute Gasteiger partial charge is 0.399 e. The third-order valence-corrected chi connectivity index (χ3v) is 3.06. The summed E-state index contributed by atoms with van der Waals surface area (Å²) in [6, 6.07) is 6.12. The molecule has 0 radical (unpaired) electrons. The summed E-state index contributed by atoms with van der Waals surface area (Å²) in [5, 5.41) is 9.69. The van der Waals surface area contributed by atoms with Gasteiger partial charge in [-0.15, -0.1) is 0 Å². The number of hydrogen-bond donors (Lipinski definition) is 2. The van der Waals surface area contributed by atoms with Gasteiger partial charge in [0.05, 0.1) is 5.60 Å². The monoisotopic (exact) mass is 220 g/mol. The van der Waals surface area contributed by atoms with Crippen molar-refractivity contribution in [3.8, 4) is 0 Å². The lowest BCUT2D eigenvalue weighted by Gasteiger charge is -2.21. The lowest BCUT2D eigenvalue weighted by atomic mass is 10.1. The number of nitrogens with zero attached hydrogens (tertiary/aromatic N) is 1. The number of nitrogen functional groups attached to an aromatic ring is 1. The van der Waals surface area contributed by atoms with Gasteiger partial charge in [0.2, 0.25) is 0 Å². The van der Waals surface area contributed by atoms with Crippen LogP contribution < -0.4 is 5.73 Å². The van der Waals surface area contributed by atoms with E-state index >= 15 is 0 Å². The van der Waals surface area contributed by atoms with Crippen LogP contribution in [0.2, 0.25) is 0 Å². The van der Waals surface area contributed by atoms with E-state index in [2.05, 4.69) is 17.0 Å². The Morgan fingerprint density at radius 2 is 2.00 bits per heavy atom. The fourth-order valence-corrected chi connectivity index (χ4v) is 2.07. The molecule has 0 aromatic heterocycles. The van der Waals surface area contributed by atoms with Crippen LogP contribution in [0, 0.1) is 0 Å². The van der Waals surface area contributed by atoms with E-state index in [9.17, 15) is 5.11 Å². The molecule has 0 saturated heterocycles. The van der Waals surface area contributed by atoms with E-state index in [-0.39, 0.29) is 0 Å². The fraction of sp³-hybridized carbons (Fsp3) is 0.538. The van der Waals surface area contributed by atoms with E-state index in [1.807, 2.05) is 19.9 Å². The molecule has 3 nitrogen and oxygen atoms in total. The topological polar surface area (TPSA) is 49.5 Å². The predicted molar refractivity (Wildman–Crippen MR) is 65.9 cm³/mol. The molecule has 3 heteroatoms. The van der Waals surface area contributed by atoms with Crippen molar-refractivity contribution in [1.29, 1.82) is 0 Å². The zero-order chi connectivity index (χ0) is 11.8. The van der Waals surface area contributed by atoms with Crippen LogP contribution in [0.1, 0.15) is 31.4 Å². The molecule has 1 heterocycles. The minimum Gasteiger partial charge on any atom is -0.399 e. The summed E-state index contributed by atoms with van der Waals surface area (Å²) in [6.07, 6.45) is 0.802. The first-order valence-electron chi connectivity index (χ1n) is 5.76. The van der Waals surface area contributed by atoms with E-state index in [0.717, 1.165) is 31.7 Å². The van der Waals surface area contributed by atoms with Crippen molar-refractivity contribution in [3.63, 3.8) is 0 Å². The van der Waals surface area contributed by atoms with Gasteiger partial charge in [-0.3, -0.25) is 4.90 Å². The average Bonchev–Trinajstić information content (AvgIpc) is 2.55. The first-order valence-corrected chi connectivity index (χ1v) is 5.76. The van der Waals surface area contributed by atoms with Gasteiger partial charge in [0.25, 0.3) is 0 Å². The maximum absolute atomic E-state index is 9.69. The van der Waals surface area contributed by atoms with Gasteiger partial charge < -0.3 is 10.8 Å². The Balaban J connectivity index is 1.95. The number of rotatable bonds is 3. The lowest BCUT2D eigenvalue weighted by Crippen LogP contribution is -2.27. The van der Waals surface area contributed by atoms with Gasteiger partial charge in [-0.1, -0.05) is 6.07 Å². The normalized spacial score (nSPS) is 16.4. The van der Waals surface area contributed by atoms with Crippen LogP contribution in [0.4, 0.5) is 5.69 Å². The number of hydrogen-bond acceptors (Lipinski definition) is 3. The van der Waals surface area contributed by atoms with E-state index in [4.69, 9.17) is 5.73 Å². The molecule has 0 amide bonds. The van der Waals surface area contributed by atoms with E-state index < -0.39 is 5.60 Å². The molecule has 1 aliphatic rings. The van der Waals surface area contributed by atoms with Crippen LogP contribution in [0.5, 0.6) is 0 Å². The van der Waals surface area contributed by atoms with Gasteiger partial charge in [-0.05, 0) is 43.5 Å². The van der Waals surface area contributed by atoms with Gasteiger partial charge in [-0.25, -0.2) is 0 Å². The molecular formula is C13H20N2O. The number of fused-ring (bicyclic) bond motifs is 1. The Labute approximate surface area is 96.9 Å². The molecule has 0 unspecified atom stereocenters. The standard InChI is InChI=1S/C13H20N2O/c1-13(2,16)5-6-15-8-10-3-4-12(14)7-11(10)9-15/h3-4,7,16H,5-6,8-9,14H2,1-2H3. The van der Waals surface area contributed by atoms with Gasteiger partial charge in [0, 0.05) is 25.3 Å². The number of benzene rings is 1. The molecule has 3 N–H and O–H groups in total. The van der Waals surface area contributed by atoms with Gasteiger partial charge in [0.1, 0.15) is 0 Å². The highest BCUT2D eigenvalue weighted by Crippen LogP contribution is 2.25. The van der Waals surface area contributed by atoms with Crippen LogP contribution in [0.3, 0.4) is 0 Å². The third-order valence-electron chi connectivity index (χ3n) is 3.06.